The van der Waals surface area contributed by atoms with E-state index in [1.165, 1.54) is 89.9 Å². The maximum Gasteiger partial charge on any atom is 0.108 e. The third-order valence-electron chi connectivity index (χ3n) is 12.8. The standard InChI is InChI=1S/C11H21F.C10H20.C9H18.C8H16.C7H14/c1-10(2,3)9-5-7-11(4,12)8-6-9;1-10(2,3)9-7-5-4-6-8-9;1-9(2,3)8-6-4-5-7-8;1-8(2,3)7-5-4-6-7;1-7(2,3)6-4-5-6/h9H,5-8H2,1-4H3;9H,4-8H2,1-3H3;8H,4-7H2,1-3H3;7H,4-6H2,1-3H3;6H,4-5H2,1-3H3. The van der Waals surface area contributed by atoms with Crippen molar-refractivity contribution in [1.82, 2.24) is 0 Å². The average molecular weight is 649 g/mol. The zero-order chi connectivity index (χ0) is 35.6. The van der Waals surface area contributed by atoms with Crippen LogP contribution in [0.5, 0.6) is 0 Å². The molecule has 0 bridgehead atoms. The van der Waals surface area contributed by atoms with Crippen LogP contribution in [-0.2, 0) is 0 Å². The third-order valence-corrected chi connectivity index (χ3v) is 12.8. The average Bonchev–Trinajstić information content (AvgIpc) is 3.57. The maximum atomic E-state index is 13.4. The van der Waals surface area contributed by atoms with Gasteiger partial charge in [0.2, 0.25) is 0 Å². The summed E-state index contributed by atoms with van der Waals surface area (Å²) >= 11 is 0. The summed E-state index contributed by atoms with van der Waals surface area (Å²) in [6.07, 6.45) is 24.3. The van der Waals surface area contributed by atoms with Crippen molar-refractivity contribution in [2.75, 3.05) is 0 Å². The molecule has 0 aromatic carbocycles. The van der Waals surface area contributed by atoms with Gasteiger partial charge in [-0.1, -0.05) is 142 Å². The van der Waals surface area contributed by atoms with E-state index >= 15 is 0 Å². The van der Waals surface area contributed by atoms with E-state index in [1.54, 1.807) is 6.92 Å². The van der Waals surface area contributed by atoms with E-state index < -0.39 is 5.67 Å². The first-order valence-electron chi connectivity index (χ1n) is 20.4. The lowest BCUT2D eigenvalue weighted by atomic mass is 9.69. The van der Waals surface area contributed by atoms with Crippen LogP contribution in [0.3, 0.4) is 0 Å². The summed E-state index contributed by atoms with van der Waals surface area (Å²) in [5, 5.41) is 0. The SMILES string of the molecule is CC(C)(C)C1CC1.CC(C)(C)C1CCC1.CC(C)(C)C1CCCC1.CC(C)(C)C1CCCCC1.CC1(F)CCC(C(C)(C)C)CC1. The zero-order valence-electron chi connectivity index (χ0n) is 35.0. The van der Waals surface area contributed by atoms with Gasteiger partial charge in [-0.2, -0.15) is 0 Å². The molecule has 5 aliphatic rings. The van der Waals surface area contributed by atoms with E-state index in [9.17, 15) is 4.39 Å². The summed E-state index contributed by atoms with van der Waals surface area (Å²) in [5.74, 6) is 4.81. The fraction of sp³-hybridized carbons (Fsp3) is 1.00. The van der Waals surface area contributed by atoms with E-state index in [-0.39, 0.29) is 0 Å². The lowest BCUT2D eigenvalue weighted by Gasteiger charge is -2.38. The van der Waals surface area contributed by atoms with Gasteiger partial charge in [-0.15, -0.1) is 0 Å². The highest BCUT2D eigenvalue weighted by molar-refractivity contribution is 4.87. The molecule has 276 valence electrons. The molecule has 5 fully saturated rings. The Bertz CT molecular complexity index is 768. The summed E-state index contributed by atoms with van der Waals surface area (Å²) in [4.78, 5) is 0. The Labute approximate surface area is 292 Å². The molecule has 0 radical (unpaired) electrons. The lowest BCUT2D eigenvalue weighted by molar-refractivity contribution is 0.0637. The van der Waals surface area contributed by atoms with Gasteiger partial charge in [-0.05, 0) is 141 Å². The van der Waals surface area contributed by atoms with Crippen LogP contribution in [-0.4, -0.2) is 5.67 Å². The summed E-state index contributed by atoms with van der Waals surface area (Å²) in [6, 6.07) is 0. The van der Waals surface area contributed by atoms with Crippen LogP contribution in [0.1, 0.15) is 226 Å². The first kappa shape index (κ1) is 44.0. The molecular formula is C45H89F. The lowest BCUT2D eigenvalue weighted by Crippen LogP contribution is -2.31. The van der Waals surface area contributed by atoms with E-state index in [1.807, 2.05) is 0 Å². The van der Waals surface area contributed by atoms with Crippen LogP contribution >= 0.6 is 0 Å². The molecule has 0 heterocycles. The second-order valence-electron chi connectivity index (χ2n) is 22.2. The monoisotopic (exact) mass is 649 g/mol. The first-order valence-corrected chi connectivity index (χ1v) is 20.4. The quantitative estimate of drug-likeness (QED) is 0.245. The van der Waals surface area contributed by atoms with Crippen LogP contribution < -0.4 is 0 Å². The molecule has 5 saturated carbocycles. The maximum absolute atomic E-state index is 13.4. The van der Waals surface area contributed by atoms with Crippen LogP contribution in [0.2, 0.25) is 0 Å². The van der Waals surface area contributed by atoms with Crippen molar-refractivity contribution in [1.29, 1.82) is 0 Å². The summed E-state index contributed by atoms with van der Waals surface area (Å²) in [6.45, 7) is 36.8. The molecule has 0 N–H and O–H groups in total. The van der Waals surface area contributed by atoms with Crippen molar-refractivity contribution in [2.45, 2.75) is 232 Å². The molecule has 0 unspecified atom stereocenters. The van der Waals surface area contributed by atoms with Gasteiger partial charge in [-0.3, -0.25) is 0 Å². The minimum absolute atomic E-state index is 0.372. The van der Waals surface area contributed by atoms with Gasteiger partial charge in [0.25, 0.3) is 0 Å². The highest BCUT2D eigenvalue weighted by atomic mass is 19.1. The van der Waals surface area contributed by atoms with Crippen molar-refractivity contribution in [2.24, 2.45) is 56.7 Å². The van der Waals surface area contributed by atoms with Crippen molar-refractivity contribution < 1.29 is 4.39 Å². The molecule has 46 heavy (non-hydrogen) atoms. The Balaban J connectivity index is 0.000000291. The van der Waals surface area contributed by atoms with Crippen LogP contribution in [0.4, 0.5) is 4.39 Å². The Kier molecular flexibility index (Phi) is 17.4. The van der Waals surface area contributed by atoms with Gasteiger partial charge in [0.1, 0.15) is 5.67 Å². The molecule has 0 atom stereocenters. The molecule has 5 rings (SSSR count). The van der Waals surface area contributed by atoms with Gasteiger partial charge in [0.05, 0.1) is 0 Å². The summed E-state index contributed by atoms with van der Waals surface area (Å²) in [5.41, 5.74) is 1.85. The molecule has 0 saturated heterocycles. The van der Waals surface area contributed by atoms with E-state index in [0.29, 0.717) is 27.1 Å². The van der Waals surface area contributed by atoms with Crippen molar-refractivity contribution in [3.05, 3.63) is 0 Å². The molecule has 0 nitrogen and oxygen atoms in total. The minimum atomic E-state index is -0.873. The van der Waals surface area contributed by atoms with Crippen molar-refractivity contribution >= 4 is 0 Å². The van der Waals surface area contributed by atoms with Gasteiger partial charge >= 0.3 is 0 Å². The molecule has 0 spiro atoms. The molecule has 1 heteroatoms. The Morgan fingerprint density at radius 3 is 0.717 bits per heavy atom. The molecule has 0 amide bonds. The topological polar surface area (TPSA) is 0 Å². The highest BCUT2D eigenvalue weighted by Gasteiger charge is 2.36. The number of hydrogen-bond acceptors (Lipinski definition) is 0. The van der Waals surface area contributed by atoms with Gasteiger partial charge < -0.3 is 0 Å². The van der Waals surface area contributed by atoms with Gasteiger partial charge in [0, 0.05) is 0 Å². The van der Waals surface area contributed by atoms with Crippen molar-refractivity contribution in [3.63, 3.8) is 0 Å². The molecular weight excluding hydrogens is 559 g/mol. The Morgan fingerprint density at radius 2 is 0.543 bits per heavy atom. The van der Waals surface area contributed by atoms with Gasteiger partial charge in [-0.25, -0.2) is 4.39 Å². The molecule has 0 aliphatic heterocycles. The fourth-order valence-corrected chi connectivity index (χ4v) is 8.07. The first-order chi connectivity index (χ1) is 20.7. The number of hydrogen-bond donors (Lipinski definition) is 0. The second kappa shape index (κ2) is 18.2. The van der Waals surface area contributed by atoms with Gasteiger partial charge in [0.15, 0.2) is 0 Å². The number of alkyl halides is 1. The Morgan fingerprint density at radius 1 is 0.326 bits per heavy atom. The predicted molar refractivity (Wildman–Crippen MR) is 207 cm³/mol. The highest BCUT2D eigenvalue weighted by Crippen LogP contribution is 2.45. The number of rotatable bonds is 0. The van der Waals surface area contributed by atoms with E-state index in [2.05, 4.69) is 104 Å². The van der Waals surface area contributed by atoms with E-state index in [4.69, 9.17) is 0 Å². The zero-order valence-corrected chi connectivity index (χ0v) is 35.0. The normalized spacial score (nSPS) is 26.9. The minimum Gasteiger partial charge on any atom is -0.244 e. The smallest absolute Gasteiger partial charge is 0.108 e. The molecule has 0 aromatic heterocycles. The number of halogens is 1. The summed E-state index contributed by atoms with van der Waals surface area (Å²) in [7, 11) is 0. The largest absolute Gasteiger partial charge is 0.244 e. The van der Waals surface area contributed by atoms with Crippen LogP contribution in [0.25, 0.3) is 0 Å². The fourth-order valence-electron chi connectivity index (χ4n) is 8.07. The predicted octanol–water partition coefficient (Wildman–Crippen LogP) is 16.1. The summed E-state index contributed by atoms with van der Waals surface area (Å²) < 4.78 is 13.4. The third kappa shape index (κ3) is 18.6. The molecule has 0 aromatic rings. The van der Waals surface area contributed by atoms with Crippen LogP contribution in [0, 0.1) is 56.7 Å². The van der Waals surface area contributed by atoms with Crippen molar-refractivity contribution in [3.8, 4) is 0 Å². The molecule has 5 aliphatic carbocycles. The second-order valence-corrected chi connectivity index (χ2v) is 22.2. The Hall–Kier alpha value is -0.0700. The van der Waals surface area contributed by atoms with E-state index in [0.717, 1.165) is 55.3 Å². The van der Waals surface area contributed by atoms with Crippen LogP contribution in [0.15, 0.2) is 0 Å².